The van der Waals surface area contributed by atoms with Gasteiger partial charge in [-0.05, 0) is 43.7 Å². The van der Waals surface area contributed by atoms with Crippen LogP contribution in [0.5, 0.6) is 0 Å². The second kappa shape index (κ2) is 12.2. The van der Waals surface area contributed by atoms with E-state index >= 15 is 0 Å². The molecule has 3 aromatic rings. The minimum atomic E-state index is -3.82. The number of aliphatic hydroxyl groups excluding tert-OH is 1. The summed E-state index contributed by atoms with van der Waals surface area (Å²) in [5.41, 5.74) is 1.51. The Morgan fingerprint density at radius 3 is 2.71 bits per heavy atom. The Morgan fingerprint density at radius 1 is 1.26 bits per heavy atom. The molecule has 0 bridgehead atoms. The first-order valence-electron chi connectivity index (χ1n) is 12.7. The van der Waals surface area contributed by atoms with Crippen LogP contribution in [0.15, 0.2) is 53.8 Å². The summed E-state index contributed by atoms with van der Waals surface area (Å²) >= 11 is 0. The van der Waals surface area contributed by atoms with Crippen molar-refractivity contribution in [3.63, 3.8) is 0 Å². The van der Waals surface area contributed by atoms with Gasteiger partial charge in [-0.15, -0.1) is 5.10 Å². The number of benzene rings is 1. The maximum absolute atomic E-state index is 13.4. The molecule has 1 N–H and O–H groups in total. The molecule has 0 spiro atoms. The van der Waals surface area contributed by atoms with Crippen molar-refractivity contribution in [1.82, 2.24) is 34.0 Å². The molecule has 0 unspecified atom stereocenters. The molecule has 2 aromatic heterocycles. The summed E-state index contributed by atoms with van der Waals surface area (Å²) in [6.07, 6.45) is 5.41. The van der Waals surface area contributed by atoms with Crippen LogP contribution in [0.4, 0.5) is 0 Å². The fraction of sp³-hybridized carbons (Fsp3) is 0.520. The molecule has 12 nitrogen and oxygen atoms in total. The van der Waals surface area contributed by atoms with E-state index in [-0.39, 0.29) is 42.5 Å². The molecule has 1 amide bonds. The predicted molar refractivity (Wildman–Crippen MR) is 139 cm³/mol. The van der Waals surface area contributed by atoms with Gasteiger partial charge in [-0.2, -0.15) is 9.40 Å². The summed E-state index contributed by atoms with van der Waals surface area (Å²) in [6.45, 7) is 4.67. The molecule has 4 rings (SSSR count). The largest absolute Gasteiger partial charge is 0.394 e. The first-order valence-corrected chi connectivity index (χ1v) is 14.1. The standard InChI is InChI=1S/C25H35N7O5S/c1-19-15-30(20(2)17-33)25(34)6-4-12-32-22(14-26-28-32)18-37-24(19)16-29(3)38(35,36)23-9-7-21(8-10-23)31-13-5-11-27-31/h5,7-11,13-14,19-20,24,33H,4,6,12,15-18H2,1-3H3/t19-,20-,24-/m0/s1. The monoisotopic (exact) mass is 545 g/mol. The average Bonchev–Trinajstić information content (AvgIpc) is 3.61. The number of rotatable bonds is 7. The lowest BCUT2D eigenvalue weighted by Gasteiger charge is -2.35. The number of sulfonamides is 1. The van der Waals surface area contributed by atoms with E-state index in [1.807, 2.05) is 6.92 Å². The number of carbonyl (C=O) groups excluding carboxylic acids is 1. The van der Waals surface area contributed by atoms with Gasteiger partial charge >= 0.3 is 0 Å². The number of carbonyl (C=O) groups is 1. The molecule has 1 aliphatic heterocycles. The molecular formula is C25H35N7O5S. The molecule has 3 heterocycles. The van der Waals surface area contributed by atoms with Crippen molar-refractivity contribution in [2.45, 2.75) is 56.9 Å². The summed E-state index contributed by atoms with van der Waals surface area (Å²) in [5.74, 6) is -0.297. The third-order valence-corrected chi connectivity index (χ3v) is 8.73. The Bertz CT molecular complexity index is 1290. The van der Waals surface area contributed by atoms with Crippen molar-refractivity contribution in [3.8, 4) is 5.69 Å². The Hall–Kier alpha value is -3.13. The summed E-state index contributed by atoms with van der Waals surface area (Å²) in [7, 11) is -2.30. The zero-order chi connectivity index (χ0) is 27.3. The second-order valence-electron chi connectivity index (χ2n) is 9.69. The molecule has 0 radical (unpaired) electrons. The van der Waals surface area contributed by atoms with Crippen LogP contribution < -0.4 is 0 Å². The van der Waals surface area contributed by atoms with Crippen LogP contribution in [0.25, 0.3) is 5.69 Å². The molecular weight excluding hydrogens is 510 g/mol. The molecule has 38 heavy (non-hydrogen) atoms. The fourth-order valence-electron chi connectivity index (χ4n) is 4.47. The van der Waals surface area contributed by atoms with Crippen LogP contribution in [0.2, 0.25) is 0 Å². The highest BCUT2D eigenvalue weighted by Gasteiger charge is 2.31. The van der Waals surface area contributed by atoms with Crippen molar-refractivity contribution in [1.29, 1.82) is 0 Å². The van der Waals surface area contributed by atoms with E-state index in [0.29, 0.717) is 25.9 Å². The van der Waals surface area contributed by atoms with Crippen molar-refractivity contribution >= 4 is 15.9 Å². The SMILES string of the molecule is C[C@H]1CN([C@@H](C)CO)C(=O)CCCn2nncc2CO[C@H]1CN(C)S(=O)(=O)c1ccc(-n2cccn2)cc1. The Morgan fingerprint density at radius 2 is 2.03 bits per heavy atom. The fourth-order valence-corrected chi connectivity index (χ4v) is 5.65. The van der Waals surface area contributed by atoms with Gasteiger partial charge in [-0.1, -0.05) is 12.1 Å². The molecule has 13 heteroatoms. The van der Waals surface area contributed by atoms with Gasteiger partial charge in [0.2, 0.25) is 15.9 Å². The van der Waals surface area contributed by atoms with E-state index in [1.54, 1.807) is 70.1 Å². The number of nitrogens with zero attached hydrogens (tertiary/aromatic N) is 7. The topological polar surface area (TPSA) is 136 Å². The molecule has 0 fully saturated rings. The number of aryl methyl sites for hydroxylation is 1. The van der Waals surface area contributed by atoms with E-state index in [4.69, 9.17) is 4.74 Å². The number of ether oxygens (including phenoxy) is 1. The number of likely N-dealkylation sites (N-methyl/N-ethyl adjacent to an activating group) is 1. The Labute approximate surface area is 222 Å². The van der Waals surface area contributed by atoms with Crippen LogP contribution in [0, 0.1) is 5.92 Å². The van der Waals surface area contributed by atoms with E-state index in [9.17, 15) is 18.3 Å². The number of amides is 1. The molecule has 0 saturated heterocycles. The molecule has 1 aromatic carbocycles. The third-order valence-electron chi connectivity index (χ3n) is 6.89. The quantitative estimate of drug-likeness (QED) is 0.469. The highest BCUT2D eigenvalue weighted by Crippen LogP contribution is 2.22. The van der Waals surface area contributed by atoms with E-state index < -0.39 is 16.1 Å². The van der Waals surface area contributed by atoms with Crippen LogP contribution in [-0.2, 0) is 32.7 Å². The van der Waals surface area contributed by atoms with Crippen molar-refractivity contribution in [2.24, 2.45) is 5.92 Å². The zero-order valence-corrected chi connectivity index (χ0v) is 22.7. The molecule has 0 saturated carbocycles. The van der Waals surface area contributed by atoms with E-state index in [1.165, 1.54) is 11.4 Å². The Kier molecular flexibility index (Phi) is 8.92. The Balaban J connectivity index is 1.56. The zero-order valence-electron chi connectivity index (χ0n) is 21.9. The first-order chi connectivity index (χ1) is 18.2. The maximum atomic E-state index is 13.4. The summed E-state index contributed by atoms with van der Waals surface area (Å²) in [4.78, 5) is 14.8. The molecule has 206 valence electrons. The highest BCUT2D eigenvalue weighted by molar-refractivity contribution is 7.89. The average molecular weight is 546 g/mol. The van der Waals surface area contributed by atoms with Crippen molar-refractivity contribution in [2.75, 3.05) is 26.7 Å². The third kappa shape index (κ3) is 6.29. The minimum absolute atomic E-state index is 0.0709. The van der Waals surface area contributed by atoms with Gasteiger partial charge in [0.1, 0.15) is 0 Å². The number of hydrogen-bond donors (Lipinski definition) is 1. The summed E-state index contributed by atoms with van der Waals surface area (Å²) in [5, 5.41) is 22.0. The van der Waals surface area contributed by atoms with Gasteiger partial charge in [0.25, 0.3) is 0 Å². The van der Waals surface area contributed by atoms with Crippen molar-refractivity contribution < 1.29 is 23.1 Å². The van der Waals surface area contributed by atoms with Crippen LogP contribution >= 0.6 is 0 Å². The minimum Gasteiger partial charge on any atom is -0.394 e. The molecule has 1 aliphatic rings. The van der Waals surface area contributed by atoms with Crippen LogP contribution in [-0.4, -0.2) is 92.3 Å². The number of fused-ring (bicyclic) bond motifs is 1. The number of aliphatic hydroxyl groups is 1. The van der Waals surface area contributed by atoms with Crippen LogP contribution in [0.1, 0.15) is 32.4 Å². The normalized spacial score (nSPS) is 20.6. The lowest BCUT2D eigenvalue weighted by Crippen LogP contribution is -2.47. The van der Waals surface area contributed by atoms with Gasteiger partial charge in [0.05, 0.1) is 47.8 Å². The predicted octanol–water partition coefficient (Wildman–Crippen LogP) is 1.31. The molecule has 0 aliphatic carbocycles. The van der Waals surface area contributed by atoms with Gasteiger partial charge in [0, 0.05) is 51.4 Å². The highest BCUT2D eigenvalue weighted by atomic mass is 32.2. The van der Waals surface area contributed by atoms with Gasteiger partial charge < -0.3 is 14.7 Å². The second-order valence-corrected chi connectivity index (χ2v) is 11.7. The van der Waals surface area contributed by atoms with Gasteiger partial charge in [-0.25, -0.2) is 17.8 Å². The summed E-state index contributed by atoms with van der Waals surface area (Å²) < 4.78 is 37.8. The van der Waals surface area contributed by atoms with Crippen LogP contribution in [0.3, 0.4) is 0 Å². The van der Waals surface area contributed by atoms with E-state index in [0.717, 1.165) is 11.4 Å². The smallest absolute Gasteiger partial charge is 0.242 e. The van der Waals surface area contributed by atoms with Gasteiger partial charge in [-0.3, -0.25) is 4.79 Å². The molecule has 3 atom stereocenters. The maximum Gasteiger partial charge on any atom is 0.242 e. The first kappa shape index (κ1) is 27.9. The number of aromatic nitrogens is 5. The number of hydrogen-bond acceptors (Lipinski definition) is 8. The lowest BCUT2D eigenvalue weighted by atomic mass is 10.0. The summed E-state index contributed by atoms with van der Waals surface area (Å²) in [6, 6.07) is 7.95. The lowest BCUT2D eigenvalue weighted by molar-refractivity contribution is -0.136. The van der Waals surface area contributed by atoms with Gasteiger partial charge in [0.15, 0.2) is 0 Å². The van der Waals surface area contributed by atoms with E-state index in [2.05, 4.69) is 15.4 Å². The van der Waals surface area contributed by atoms with Crippen molar-refractivity contribution in [3.05, 3.63) is 54.6 Å².